The highest BCUT2D eigenvalue weighted by Crippen LogP contribution is 2.20. The Morgan fingerprint density at radius 1 is 1.36 bits per heavy atom. The molecule has 22 heavy (non-hydrogen) atoms. The van der Waals surface area contributed by atoms with E-state index in [2.05, 4.69) is 4.98 Å². The molecule has 0 atom stereocenters. The number of hydrogen-bond donors (Lipinski definition) is 0. The van der Waals surface area contributed by atoms with Crippen LogP contribution in [0.1, 0.15) is 13.3 Å². The second-order valence-corrected chi connectivity index (χ2v) is 8.75. The molecule has 0 saturated carbocycles. The van der Waals surface area contributed by atoms with Crippen LogP contribution >= 0.6 is 23.4 Å². The number of sulfone groups is 1. The van der Waals surface area contributed by atoms with E-state index in [0.29, 0.717) is 33.4 Å². The lowest BCUT2D eigenvalue weighted by atomic mass is 10.2. The van der Waals surface area contributed by atoms with Gasteiger partial charge in [-0.3, -0.25) is 9.36 Å². The first-order valence-corrected chi connectivity index (χ1v) is 10.2. The third kappa shape index (κ3) is 4.24. The lowest BCUT2D eigenvalue weighted by molar-refractivity contribution is 0.584. The zero-order valence-electron chi connectivity index (χ0n) is 12.4. The van der Waals surface area contributed by atoms with Crippen LogP contribution in [0.5, 0.6) is 0 Å². The molecular weight excluding hydrogens is 344 g/mol. The van der Waals surface area contributed by atoms with Crippen molar-refractivity contribution in [2.45, 2.75) is 25.0 Å². The van der Waals surface area contributed by atoms with Gasteiger partial charge in [0.25, 0.3) is 5.56 Å². The number of halogens is 1. The molecule has 1 aromatic heterocycles. The van der Waals surface area contributed by atoms with E-state index >= 15 is 0 Å². The Morgan fingerprint density at radius 3 is 2.73 bits per heavy atom. The van der Waals surface area contributed by atoms with Crippen LogP contribution in [-0.4, -0.2) is 35.7 Å². The highest BCUT2D eigenvalue weighted by Gasteiger charge is 2.12. The average molecular weight is 361 g/mol. The van der Waals surface area contributed by atoms with Gasteiger partial charge >= 0.3 is 0 Å². The van der Waals surface area contributed by atoms with Gasteiger partial charge in [-0.2, -0.15) is 0 Å². The van der Waals surface area contributed by atoms with Crippen LogP contribution in [0.3, 0.4) is 0 Å². The van der Waals surface area contributed by atoms with Gasteiger partial charge in [0.15, 0.2) is 5.16 Å². The first-order chi connectivity index (χ1) is 10.3. The molecule has 0 saturated heterocycles. The number of fused-ring (bicyclic) bond motifs is 1. The van der Waals surface area contributed by atoms with Gasteiger partial charge in [0, 0.05) is 23.6 Å². The van der Waals surface area contributed by atoms with Crippen molar-refractivity contribution in [2.24, 2.45) is 0 Å². The Hall–Kier alpha value is -1.05. The third-order valence-electron chi connectivity index (χ3n) is 3.01. The van der Waals surface area contributed by atoms with Crippen molar-refractivity contribution in [2.75, 3.05) is 17.8 Å². The molecular formula is C14H17ClN2O3S2. The van der Waals surface area contributed by atoms with Gasteiger partial charge in [-0.05, 0) is 24.6 Å². The summed E-state index contributed by atoms with van der Waals surface area (Å²) in [6.45, 7) is 2.52. The number of rotatable bonds is 6. The lowest BCUT2D eigenvalue weighted by Crippen LogP contribution is -2.23. The van der Waals surface area contributed by atoms with Crippen molar-refractivity contribution in [3.63, 3.8) is 0 Å². The highest BCUT2D eigenvalue weighted by molar-refractivity contribution is 8.00. The predicted molar refractivity (Wildman–Crippen MR) is 91.7 cm³/mol. The van der Waals surface area contributed by atoms with Gasteiger partial charge in [0.05, 0.1) is 16.7 Å². The van der Waals surface area contributed by atoms with Crippen LogP contribution in [0.2, 0.25) is 5.02 Å². The molecule has 0 N–H and O–H groups in total. The van der Waals surface area contributed by atoms with Gasteiger partial charge in [0.2, 0.25) is 0 Å². The van der Waals surface area contributed by atoms with E-state index in [1.807, 2.05) is 6.92 Å². The summed E-state index contributed by atoms with van der Waals surface area (Å²) in [6, 6.07) is 4.99. The maximum absolute atomic E-state index is 12.6. The first-order valence-electron chi connectivity index (χ1n) is 6.82. The normalized spacial score (nSPS) is 12.0. The van der Waals surface area contributed by atoms with Gasteiger partial charge in [-0.25, -0.2) is 13.4 Å². The molecule has 0 spiro atoms. The van der Waals surface area contributed by atoms with Crippen LogP contribution in [0.4, 0.5) is 0 Å². The van der Waals surface area contributed by atoms with Gasteiger partial charge < -0.3 is 0 Å². The Balaban J connectivity index is 2.45. The highest BCUT2D eigenvalue weighted by atomic mass is 35.5. The van der Waals surface area contributed by atoms with E-state index in [9.17, 15) is 13.2 Å². The predicted octanol–water partition coefficient (Wildman–Crippen LogP) is 2.60. The van der Waals surface area contributed by atoms with Crippen molar-refractivity contribution in [3.05, 3.63) is 33.6 Å². The summed E-state index contributed by atoms with van der Waals surface area (Å²) in [6.07, 6.45) is 1.99. The molecule has 0 unspecified atom stereocenters. The Bertz CT molecular complexity index is 847. The van der Waals surface area contributed by atoms with Crippen LogP contribution in [0.25, 0.3) is 10.9 Å². The van der Waals surface area contributed by atoms with Crippen molar-refractivity contribution >= 4 is 44.1 Å². The quantitative estimate of drug-likeness (QED) is 0.585. The standard InChI is InChI=1S/C14H17ClN2O3S2/c1-3-6-17-13(18)11-5-4-10(15)9-12(11)16-14(17)21-7-8-22(2,19)20/h4-5,9H,3,6-8H2,1-2H3. The molecule has 2 rings (SSSR count). The number of aromatic nitrogens is 2. The summed E-state index contributed by atoms with van der Waals surface area (Å²) in [5.74, 6) is 0.411. The molecule has 0 aliphatic heterocycles. The van der Waals surface area contributed by atoms with Crippen LogP contribution in [0.15, 0.2) is 28.2 Å². The maximum atomic E-state index is 12.6. The summed E-state index contributed by atoms with van der Waals surface area (Å²) in [5.41, 5.74) is 0.414. The minimum absolute atomic E-state index is 0.0489. The smallest absolute Gasteiger partial charge is 0.262 e. The van der Waals surface area contributed by atoms with E-state index in [4.69, 9.17) is 11.6 Å². The number of benzene rings is 1. The molecule has 1 heterocycles. The maximum Gasteiger partial charge on any atom is 0.262 e. The molecule has 0 bridgehead atoms. The molecule has 0 fully saturated rings. The summed E-state index contributed by atoms with van der Waals surface area (Å²) in [5, 5.41) is 1.57. The summed E-state index contributed by atoms with van der Waals surface area (Å²) < 4.78 is 24.1. The van der Waals surface area contributed by atoms with Gasteiger partial charge in [0.1, 0.15) is 9.84 Å². The van der Waals surface area contributed by atoms with E-state index in [1.54, 1.807) is 22.8 Å². The molecule has 120 valence electrons. The molecule has 8 heteroatoms. The van der Waals surface area contributed by atoms with Crippen molar-refractivity contribution < 1.29 is 8.42 Å². The van der Waals surface area contributed by atoms with Crippen molar-refractivity contribution in [3.8, 4) is 0 Å². The SMILES string of the molecule is CCCn1c(SCCS(C)(=O)=O)nc2cc(Cl)ccc2c1=O. The topological polar surface area (TPSA) is 69.0 Å². The fourth-order valence-corrected chi connectivity index (χ4v) is 4.38. The fraction of sp³-hybridized carbons (Fsp3) is 0.429. The van der Waals surface area contributed by atoms with Crippen LogP contribution < -0.4 is 5.56 Å². The molecule has 2 aromatic rings. The van der Waals surface area contributed by atoms with E-state index in [-0.39, 0.29) is 11.3 Å². The molecule has 0 aliphatic rings. The zero-order valence-corrected chi connectivity index (χ0v) is 14.8. The van der Waals surface area contributed by atoms with Crippen LogP contribution in [0, 0.1) is 0 Å². The summed E-state index contributed by atoms with van der Waals surface area (Å²) in [7, 11) is -3.04. The van der Waals surface area contributed by atoms with Gasteiger partial charge in [-0.1, -0.05) is 30.3 Å². The molecule has 0 amide bonds. The zero-order chi connectivity index (χ0) is 16.3. The monoisotopic (exact) mass is 360 g/mol. The lowest BCUT2D eigenvalue weighted by Gasteiger charge is -2.12. The minimum atomic E-state index is -3.04. The minimum Gasteiger partial charge on any atom is -0.287 e. The average Bonchev–Trinajstić information content (AvgIpc) is 2.41. The second kappa shape index (κ2) is 7.02. The molecule has 1 aromatic carbocycles. The third-order valence-corrected chi connectivity index (χ3v) is 5.43. The van der Waals surface area contributed by atoms with Gasteiger partial charge in [-0.15, -0.1) is 0 Å². The largest absolute Gasteiger partial charge is 0.287 e. The summed E-state index contributed by atoms with van der Waals surface area (Å²) in [4.78, 5) is 17.0. The fourth-order valence-electron chi connectivity index (χ4n) is 1.99. The first kappa shape index (κ1) is 17.3. The Labute approximate surface area is 138 Å². The number of hydrogen-bond acceptors (Lipinski definition) is 5. The number of nitrogens with zero attached hydrogens (tertiary/aromatic N) is 2. The molecule has 5 nitrogen and oxygen atoms in total. The molecule has 0 radical (unpaired) electrons. The second-order valence-electron chi connectivity index (χ2n) is 4.99. The van der Waals surface area contributed by atoms with Crippen molar-refractivity contribution in [1.29, 1.82) is 0 Å². The molecule has 0 aliphatic carbocycles. The Morgan fingerprint density at radius 2 is 2.09 bits per heavy atom. The Kier molecular flexibility index (Phi) is 5.52. The van der Waals surface area contributed by atoms with Crippen LogP contribution in [-0.2, 0) is 16.4 Å². The van der Waals surface area contributed by atoms with Crippen molar-refractivity contribution in [1.82, 2.24) is 9.55 Å². The van der Waals surface area contributed by atoms with E-state index in [1.165, 1.54) is 18.0 Å². The summed E-state index contributed by atoms with van der Waals surface area (Å²) >= 11 is 7.23. The van der Waals surface area contributed by atoms with E-state index in [0.717, 1.165) is 6.42 Å². The number of thioether (sulfide) groups is 1. The van der Waals surface area contributed by atoms with E-state index < -0.39 is 9.84 Å².